The lowest BCUT2D eigenvalue weighted by Crippen LogP contribution is -2.14. The average Bonchev–Trinajstić information content (AvgIpc) is 3.13. The Morgan fingerprint density at radius 1 is 1.38 bits per heavy atom. The van der Waals surface area contributed by atoms with Crippen LogP contribution in [0.3, 0.4) is 0 Å². The zero-order valence-electron chi connectivity index (χ0n) is 13.5. The molecule has 0 spiro atoms. The summed E-state index contributed by atoms with van der Waals surface area (Å²) >= 11 is 0. The number of imidazole rings is 1. The first-order valence-corrected chi connectivity index (χ1v) is 9.67. The van der Waals surface area contributed by atoms with E-state index in [9.17, 15) is 13.2 Å². The largest absolute Gasteiger partial charge is 0.465 e. The summed E-state index contributed by atoms with van der Waals surface area (Å²) in [6.07, 6.45) is 4.88. The third-order valence-corrected chi connectivity index (χ3v) is 6.20. The molecule has 0 radical (unpaired) electrons. The van der Waals surface area contributed by atoms with Crippen LogP contribution in [-0.2, 0) is 27.5 Å². The summed E-state index contributed by atoms with van der Waals surface area (Å²) in [6, 6.07) is 7.30. The van der Waals surface area contributed by atoms with Crippen LogP contribution in [0.15, 0.2) is 36.7 Å². The van der Waals surface area contributed by atoms with Gasteiger partial charge in [-0.3, -0.25) is 0 Å². The molecule has 0 aliphatic carbocycles. The van der Waals surface area contributed by atoms with E-state index < -0.39 is 9.84 Å². The van der Waals surface area contributed by atoms with Gasteiger partial charge in [0, 0.05) is 25.4 Å². The molecule has 1 aromatic carbocycles. The first-order chi connectivity index (χ1) is 11.5. The summed E-state index contributed by atoms with van der Waals surface area (Å²) in [5, 5.41) is 0. The van der Waals surface area contributed by atoms with Gasteiger partial charge in [0.15, 0.2) is 9.84 Å². The van der Waals surface area contributed by atoms with Crippen LogP contribution in [0.2, 0.25) is 0 Å². The molecular weight excluding hydrogens is 328 g/mol. The van der Waals surface area contributed by atoms with Crippen molar-refractivity contribution in [3.8, 4) is 0 Å². The molecule has 1 aliphatic heterocycles. The van der Waals surface area contributed by atoms with Crippen LogP contribution in [0.4, 0.5) is 0 Å². The second kappa shape index (κ2) is 6.76. The predicted octanol–water partition coefficient (Wildman–Crippen LogP) is 1.70. The van der Waals surface area contributed by atoms with Crippen LogP contribution in [0, 0.1) is 5.92 Å². The minimum atomic E-state index is -2.89. The quantitative estimate of drug-likeness (QED) is 0.769. The van der Waals surface area contributed by atoms with Gasteiger partial charge in [-0.2, -0.15) is 0 Å². The number of carbonyl (C=O) groups is 1. The normalized spacial score (nSPS) is 19.3. The van der Waals surface area contributed by atoms with E-state index in [0.29, 0.717) is 24.9 Å². The molecule has 2 heterocycles. The summed E-state index contributed by atoms with van der Waals surface area (Å²) in [5.74, 6) is 1.10. The van der Waals surface area contributed by atoms with Crippen molar-refractivity contribution in [2.45, 2.75) is 19.4 Å². The van der Waals surface area contributed by atoms with Gasteiger partial charge in [-0.15, -0.1) is 0 Å². The minimum absolute atomic E-state index is 0.118. The second-order valence-electron chi connectivity index (χ2n) is 6.09. The fourth-order valence-corrected chi connectivity index (χ4v) is 4.98. The fourth-order valence-electron chi connectivity index (χ4n) is 3.12. The van der Waals surface area contributed by atoms with Crippen molar-refractivity contribution in [3.05, 3.63) is 53.6 Å². The number of carbonyl (C=O) groups excluding carboxylic acids is 1. The van der Waals surface area contributed by atoms with Gasteiger partial charge >= 0.3 is 5.97 Å². The van der Waals surface area contributed by atoms with Crippen LogP contribution < -0.4 is 0 Å². The van der Waals surface area contributed by atoms with Crippen LogP contribution in [0.1, 0.15) is 28.2 Å². The van der Waals surface area contributed by atoms with E-state index in [1.165, 1.54) is 7.11 Å². The molecule has 1 saturated heterocycles. The summed E-state index contributed by atoms with van der Waals surface area (Å²) in [6.45, 7) is 0.500. The van der Waals surface area contributed by atoms with Crippen molar-refractivity contribution in [1.29, 1.82) is 0 Å². The smallest absolute Gasteiger partial charge is 0.338 e. The Morgan fingerprint density at radius 2 is 2.17 bits per heavy atom. The lowest BCUT2D eigenvalue weighted by molar-refractivity contribution is 0.0599. The summed E-state index contributed by atoms with van der Waals surface area (Å²) in [5.41, 5.74) is 1.38. The average molecular weight is 348 g/mol. The van der Waals surface area contributed by atoms with E-state index in [0.717, 1.165) is 11.4 Å². The van der Waals surface area contributed by atoms with Crippen molar-refractivity contribution in [3.63, 3.8) is 0 Å². The number of rotatable bonds is 5. The Balaban J connectivity index is 1.78. The number of methoxy groups -OCH3 is 1. The molecular formula is C17H20N2O4S. The van der Waals surface area contributed by atoms with E-state index in [-0.39, 0.29) is 23.4 Å². The molecule has 1 atom stereocenters. The SMILES string of the molecule is COC(=O)c1ccccc1Cn1ccnc1CC1CCS(=O)(=O)C1. The number of hydrogen-bond donors (Lipinski definition) is 0. The molecule has 7 heteroatoms. The number of benzene rings is 1. The lowest BCUT2D eigenvalue weighted by Gasteiger charge is -2.13. The Kier molecular flexibility index (Phi) is 4.71. The topological polar surface area (TPSA) is 78.3 Å². The zero-order valence-corrected chi connectivity index (χ0v) is 14.3. The third-order valence-electron chi connectivity index (χ3n) is 4.36. The molecule has 1 fully saturated rings. The fraction of sp³-hybridized carbons (Fsp3) is 0.412. The van der Waals surface area contributed by atoms with Crippen molar-refractivity contribution >= 4 is 15.8 Å². The van der Waals surface area contributed by atoms with Crippen LogP contribution >= 0.6 is 0 Å². The monoisotopic (exact) mass is 348 g/mol. The predicted molar refractivity (Wildman–Crippen MR) is 89.6 cm³/mol. The zero-order chi connectivity index (χ0) is 17.2. The van der Waals surface area contributed by atoms with Crippen molar-refractivity contribution in [1.82, 2.24) is 9.55 Å². The number of hydrogen-bond acceptors (Lipinski definition) is 5. The number of ether oxygens (including phenoxy) is 1. The highest BCUT2D eigenvalue weighted by Gasteiger charge is 2.29. The van der Waals surface area contributed by atoms with Gasteiger partial charge in [-0.05, 0) is 24.0 Å². The van der Waals surface area contributed by atoms with Crippen LogP contribution in [-0.4, -0.2) is 42.6 Å². The van der Waals surface area contributed by atoms with Gasteiger partial charge in [-0.25, -0.2) is 18.2 Å². The highest BCUT2D eigenvalue weighted by Crippen LogP contribution is 2.22. The van der Waals surface area contributed by atoms with Gasteiger partial charge in [0.1, 0.15) is 5.82 Å². The third kappa shape index (κ3) is 3.67. The van der Waals surface area contributed by atoms with E-state index >= 15 is 0 Å². The highest BCUT2D eigenvalue weighted by molar-refractivity contribution is 7.91. The number of sulfone groups is 1. The molecule has 0 N–H and O–H groups in total. The second-order valence-corrected chi connectivity index (χ2v) is 8.32. The summed E-state index contributed by atoms with van der Waals surface area (Å²) in [4.78, 5) is 16.3. The first-order valence-electron chi connectivity index (χ1n) is 7.85. The van der Waals surface area contributed by atoms with Gasteiger partial charge in [-0.1, -0.05) is 18.2 Å². The number of esters is 1. The molecule has 0 bridgehead atoms. The molecule has 24 heavy (non-hydrogen) atoms. The molecule has 3 rings (SSSR count). The number of nitrogens with zero attached hydrogens (tertiary/aromatic N) is 2. The van der Waals surface area contributed by atoms with Crippen LogP contribution in [0.5, 0.6) is 0 Å². The van der Waals surface area contributed by atoms with E-state index in [1.807, 2.05) is 22.9 Å². The molecule has 128 valence electrons. The van der Waals surface area contributed by atoms with Crippen LogP contribution in [0.25, 0.3) is 0 Å². The standard InChI is InChI=1S/C17H20N2O4S/c1-23-17(20)15-5-3-2-4-14(15)11-19-8-7-18-16(19)10-13-6-9-24(21,22)12-13/h2-5,7-8,13H,6,9-12H2,1H3. The minimum Gasteiger partial charge on any atom is -0.465 e. The van der Waals surface area contributed by atoms with Gasteiger partial charge in [0.05, 0.1) is 24.2 Å². The maximum atomic E-state index is 11.9. The Hall–Kier alpha value is -2.15. The maximum Gasteiger partial charge on any atom is 0.338 e. The molecule has 6 nitrogen and oxygen atoms in total. The number of aromatic nitrogens is 2. The Labute approximate surface area is 141 Å². The van der Waals surface area contributed by atoms with Crippen molar-refractivity contribution in [2.75, 3.05) is 18.6 Å². The molecule has 1 aromatic heterocycles. The molecule has 0 saturated carbocycles. The van der Waals surface area contributed by atoms with E-state index in [2.05, 4.69) is 4.98 Å². The Bertz CT molecular complexity index is 842. The summed E-state index contributed by atoms with van der Waals surface area (Å²) < 4.78 is 30.0. The van der Waals surface area contributed by atoms with Gasteiger partial charge < -0.3 is 9.30 Å². The molecule has 1 aliphatic rings. The van der Waals surface area contributed by atoms with E-state index in [4.69, 9.17) is 4.74 Å². The van der Waals surface area contributed by atoms with E-state index in [1.54, 1.807) is 18.3 Å². The highest BCUT2D eigenvalue weighted by atomic mass is 32.2. The first kappa shape index (κ1) is 16.7. The maximum absolute atomic E-state index is 11.9. The van der Waals surface area contributed by atoms with Crippen molar-refractivity contribution in [2.24, 2.45) is 5.92 Å². The van der Waals surface area contributed by atoms with Crippen molar-refractivity contribution < 1.29 is 17.9 Å². The Morgan fingerprint density at radius 3 is 2.88 bits per heavy atom. The van der Waals surface area contributed by atoms with Gasteiger partial charge in [0.25, 0.3) is 0 Å². The summed E-state index contributed by atoms with van der Waals surface area (Å²) in [7, 11) is -1.53. The van der Waals surface area contributed by atoms with Gasteiger partial charge in [0.2, 0.25) is 0 Å². The molecule has 2 aromatic rings. The molecule has 0 amide bonds. The molecule has 1 unspecified atom stereocenters. The lowest BCUT2D eigenvalue weighted by atomic mass is 10.0.